The Morgan fingerprint density at radius 3 is 2.57 bits per heavy atom. The summed E-state index contributed by atoms with van der Waals surface area (Å²) in [6, 6.07) is 16.0. The molecule has 4 aromatic rings. The van der Waals surface area contributed by atoms with Crippen molar-refractivity contribution in [2.75, 3.05) is 5.32 Å². The molecule has 0 fully saturated rings. The van der Waals surface area contributed by atoms with Crippen molar-refractivity contribution >= 4 is 22.7 Å². The first-order valence-corrected chi connectivity index (χ1v) is 9.17. The molecule has 0 spiro atoms. The van der Waals surface area contributed by atoms with Crippen molar-refractivity contribution in [3.05, 3.63) is 82.9 Å². The van der Waals surface area contributed by atoms with Gasteiger partial charge in [0.05, 0.1) is 5.56 Å². The van der Waals surface area contributed by atoms with Gasteiger partial charge in [0.1, 0.15) is 5.52 Å². The van der Waals surface area contributed by atoms with Crippen molar-refractivity contribution in [1.82, 2.24) is 4.98 Å². The molecule has 1 amide bonds. The maximum atomic E-state index is 13.1. The lowest BCUT2D eigenvalue weighted by atomic mass is 10.0. The molecule has 4 rings (SSSR count). The molecule has 1 aromatic heterocycles. The zero-order chi connectivity index (χ0) is 21.5. The van der Waals surface area contributed by atoms with Gasteiger partial charge in [0.15, 0.2) is 5.58 Å². The molecular weight excluding hydrogens is 393 g/mol. The Balaban J connectivity index is 1.61. The van der Waals surface area contributed by atoms with Crippen LogP contribution in [0.15, 0.2) is 65.1 Å². The number of anilines is 1. The fourth-order valence-corrected chi connectivity index (χ4v) is 3.16. The van der Waals surface area contributed by atoms with Gasteiger partial charge in [-0.05, 0) is 67.4 Å². The summed E-state index contributed by atoms with van der Waals surface area (Å²) in [6.45, 7) is 3.31. The van der Waals surface area contributed by atoms with E-state index in [1.165, 1.54) is 19.1 Å². The molecule has 152 valence electrons. The third-order valence-corrected chi connectivity index (χ3v) is 4.72. The highest BCUT2D eigenvalue weighted by Crippen LogP contribution is 2.32. The molecule has 0 saturated heterocycles. The van der Waals surface area contributed by atoms with Crippen LogP contribution < -0.4 is 5.32 Å². The van der Waals surface area contributed by atoms with Crippen LogP contribution >= 0.6 is 0 Å². The van der Waals surface area contributed by atoms with E-state index in [9.17, 15) is 18.0 Å². The average Bonchev–Trinajstić information content (AvgIpc) is 3.11. The molecule has 0 aliphatic carbocycles. The van der Waals surface area contributed by atoms with E-state index in [1.54, 1.807) is 24.3 Å². The summed E-state index contributed by atoms with van der Waals surface area (Å²) < 4.78 is 45.2. The normalized spacial score (nSPS) is 11.6. The number of fused-ring (bicyclic) bond motifs is 1. The third kappa shape index (κ3) is 3.91. The van der Waals surface area contributed by atoms with Crippen molar-refractivity contribution in [2.45, 2.75) is 20.0 Å². The van der Waals surface area contributed by atoms with Crippen LogP contribution in [0.1, 0.15) is 27.0 Å². The van der Waals surface area contributed by atoms with Gasteiger partial charge in [-0.1, -0.05) is 18.2 Å². The van der Waals surface area contributed by atoms with Gasteiger partial charge in [-0.15, -0.1) is 0 Å². The first kappa shape index (κ1) is 19.7. The van der Waals surface area contributed by atoms with E-state index in [0.717, 1.165) is 11.6 Å². The third-order valence-electron chi connectivity index (χ3n) is 4.72. The van der Waals surface area contributed by atoms with Crippen LogP contribution in [0.5, 0.6) is 0 Å². The van der Waals surface area contributed by atoms with Crippen molar-refractivity contribution in [3.63, 3.8) is 0 Å². The molecule has 0 aliphatic heterocycles. The fourth-order valence-electron chi connectivity index (χ4n) is 3.16. The highest BCUT2D eigenvalue weighted by molar-refractivity contribution is 6.04. The van der Waals surface area contributed by atoms with Crippen LogP contribution in [0.2, 0.25) is 0 Å². The average molecular weight is 410 g/mol. The highest BCUT2D eigenvalue weighted by Gasteiger charge is 2.33. The minimum Gasteiger partial charge on any atom is -0.436 e. The van der Waals surface area contributed by atoms with Gasteiger partial charge < -0.3 is 9.73 Å². The van der Waals surface area contributed by atoms with Gasteiger partial charge in [0.25, 0.3) is 5.91 Å². The highest BCUT2D eigenvalue weighted by atomic mass is 19.4. The van der Waals surface area contributed by atoms with Crippen LogP contribution in [-0.2, 0) is 6.18 Å². The first-order valence-electron chi connectivity index (χ1n) is 9.17. The van der Waals surface area contributed by atoms with E-state index < -0.39 is 17.6 Å². The van der Waals surface area contributed by atoms with Gasteiger partial charge in [-0.25, -0.2) is 4.98 Å². The fraction of sp³-hybridized carbons (Fsp3) is 0.130. The predicted molar refractivity (Wildman–Crippen MR) is 108 cm³/mol. The summed E-state index contributed by atoms with van der Waals surface area (Å²) in [7, 11) is 0. The second kappa shape index (κ2) is 7.33. The minimum absolute atomic E-state index is 0.0623. The SMILES string of the molecule is Cc1ccc2nc(-c3cccc(NC(=O)c4ccc(C)c(C(F)(F)F)c4)c3)oc2c1. The number of carbonyl (C=O) groups excluding carboxylic acids is 1. The molecule has 0 aliphatic rings. The largest absolute Gasteiger partial charge is 0.436 e. The second-order valence-electron chi connectivity index (χ2n) is 7.05. The summed E-state index contributed by atoms with van der Waals surface area (Å²) in [5.74, 6) is -0.243. The van der Waals surface area contributed by atoms with Crippen LogP contribution in [0.3, 0.4) is 0 Å². The van der Waals surface area contributed by atoms with Crippen molar-refractivity contribution in [2.24, 2.45) is 0 Å². The summed E-state index contributed by atoms with van der Waals surface area (Å²) in [5, 5.41) is 2.63. The molecule has 1 heterocycles. The molecular formula is C23H17F3N2O2. The number of nitrogens with zero attached hydrogens (tertiary/aromatic N) is 1. The Labute approximate surface area is 170 Å². The number of hydrogen-bond acceptors (Lipinski definition) is 3. The van der Waals surface area contributed by atoms with Gasteiger partial charge in [-0.2, -0.15) is 13.2 Å². The number of hydrogen-bond donors (Lipinski definition) is 1. The Kier molecular flexibility index (Phi) is 4.81. The minimum atomic E-state index is -4.52. The number of alkyl halides is 3. The Bertz CT molecular complexity index is 1260. The molecule has 0 saturated carbocycles. The number of amides is 1. The zero-order valence-electron chi connectivity index (χ0n) is 16.2. The lowest BCUT2D eigenvalue weighted by Gasteiger charge is -2.12. The van der Waals surface area contributed by atoms with Gasteiger partial charge in [-0.3, -0.25) is 4.79 Å². The van der Waals surface area contributed by atoms with Gasteiger partial charge in [0.2, 0.25) is 5.89 Å². The first-order chi connectivity index (χ1) is 14.2. The Hall–Kier alpha value is -3.61. The zero-order valence-corrected chi connectivity index (χ0v) is 16.2. The number of rotatable bonds is 3. The molecule has 4 nitrogen and oxygen atoms in total. The quantitative estimate of drug-likeness (QED) is 0.426. The van der Waals surface area contributed by atoms with Crippen LogP contribution in [0.25, 0.3) is 22.6 Å². The predicted octanol–water partition coefficient (Wildman–Crippen LogP) is 6.38. The van der Waals surface area contributed by atoms with E-state index in [4.69, 9.17) is 4.42 Å². The Morgan fingerprint density at radius 2 is 1.80 bits per heavy atom. The summed E-state index contributed by atoms with van der Waals surface area (Å²) in [5.41, 5.74) is 2.63. The molecule has 7 heteroatoms. The van der Waals surface area contributed by atoms with Crippen molar-refractivity contribution < 1.29 is 22.4 Å². The van der Waals surface area contributed by atoms with E-state index >= 15 is 0 Å². The molecule has 3 aromatic carbocycles. The smallest absolute Gasteiger partial charge is 0.416 e. The van der Waals surface area contributed by atoms with E-state index in [2.05, 4.69) is 10.3 Å². The van der Waals surface area contributed by atoms with Crippen LogP contribution in [0.4, 0.5) is 18.9 Å². The van der Waals surface area contributed by atoms with Crippen LogP contribution in [-0.4, -0.2) is 10.9 Å². The monoisotopic (exact) mass is 410 g/mol. The number of halogens is 3. The van der Waals surface area contributed by atoms with Gasteiger partial charge >= 0.3 is 6.18 Å². The molecule has 0 bridgehead atoms. The van der Waals surface area contributed by atoms with Crippen molar-refractivity contribution in [1.29, 1.82) is 0 Å². The van der Waals surface area contributed by atoms with Crippen molar-refractivity contribution in [3.8, 4) is 11.5 Å². The van der Waals surface area contributed by atoms with E-state index in [-0.39, 0.29) is 11.1 Å². The molecule has 0 atom stereocenters. The number of aromatic nitrogens is 1. The van der Waals surface area contributed by atoms with Crippen LogP contribution in [0, 0.1) is 13.8 Å². The summed E-state index contributed by atoms with van der Waals surface area (Å²) in [6.07, 6.45) is -4.52. The standard InChI is InChI=1S/C23H17F3N2O2/c1-13-6-9-19-20(10-13)30-22(28-19)16-4-3-5-17(11-16)27-21(29)15-8-7-14(2)18(12-15)23(24,25)26/h3-12H,1-2H3,(H,27,29). The lowest BCUT2D eigenvalue weighted by molar-refractivity contribution is -0.138. The Morgan fingerprint density at radius 1 is 1.00 bits per heavy atom. The number of carbonyl (C=O) groups is 1. The van der Waals surface area contributed by atoms with E-state index in [0.29, 0.717) is 28.2 Å². The lowest BCUT2D eigenvalue weighted by Crippen LogP contribution is -2.15. The number of nitrogens with one attached hydrogen (secondary N) is 1. The maximum Gasteiger partial charge on any atom is 0.416 e. The summed E-state index contributed by atoms with van der Waals surface area (Å²) >= 11 is 0. The topological polar surface area (TPSA) is 55.1 Å². The van der Waals surface area contributed by atoms with E-state index in [1.807, 2.05) is 25.1 Å². The number of benzene rings is 3. The number of aryl methyl sites for hydroxylation is 2. The summed E-state index contributed by atoms with van der Waals surface area (Å²) in [4.78, 5) is 17.0. The maximum absolute atomic E-state index is 13.1. The molecule has 0 radical (unpaired) electrons. The number of oxazole rings is 1. The van der Waals surface area contributed by atoms with Gasteiger partial charge in [0, 0.05) is 16.8 Å². The second-order valence-corrected chi connectivity index (χ2v) is 7.05. The molecule has 30 heavy (non-hydrogen) atoms. The molecule has 1 N–H and O–H groups in total. The molecule has 0 unspecified atom stereocenters.